The molecule has 0 aromatic rings. The predicted octanol–water partition coefficient (Wildman–Crippen LogP) is 1.95. The lowest BCUT2D eigenvalue weighted by Crippen LogP contribution is -2.24. The molecule has 0 saturated carbocycles. The Morgan fingerprint density at radius 3 is 3.00 bits per heavy atom. The van der Waals surface area contributed by atoms with Crippen LogP contribution in [0.2, 0.25) is 0 Å². The Kier molecular flexibility index (Phi) is 2.65. The Balaban J connectivity index is 2.92. The molecule has 1 aliphatic rings. The standard InChI is InChI=1S/C8H8ClFO2/c1-12-8(9)3-6(5-11)2-7(10)4-8/h2,4-5H,3H2,1H3. The smallest absolute Gasteiger partial charge is 0.167 e. The van der Waals surface area contributed by atoms with Crippen molar-refractivity contribution in [1.82, 2.24) is 0 Å². The van der Waals surface area contributed by atoms with Crippen LogP contribution in [0.1, 0.15) is 6.42 Å². The van der Waals surface area contributed by atoms with E-state index in [9.17, 15) is 9.18 Å². The molecule has 0 aliphatic heterocycles. The van der Waals surface area contributed by atoms with Gasteiger partial charge >= 0.3 is 0 Å². The van der Waals surface area contributed by atoms with Crippen LogP contribution in [-0.2, 0) is 9.53 Å². The lowest BCUT2D eigenvalue weighted by atomic mass is 10.0. The zero-order valence-electron chi connectivity index (χ0n) is 6.51. The third kappa shape index (κ3) is 1.93. The van der Waals surface area contributed by atoms with E-state index >= 15 is 0 Å². The normalized spacial score (nSPS) is 29.2. The van der Waals surface area contributed by atoms with Gasteiger partial charge in [0.15, 0.2) is 5.06 Å². The van der Waals surface area contributed by atoms with Crippen LogP contribution in [-0.4, -0.2) is 18.5 Å². The van der Waals surface area contributed by atoms with Gasteiger partial charge in [-0.3, -0.25) is 4.79 Å². The van der Waals surface area contributed by atoms with Gasteiger partial charge in [0.05, 0.1) is 0 Å². The highest BCUT2D eigenvalue weighted by atomic mass is 35.5. The van der Waals surface area contributed by atoms with Crippen LogP contribution >= 0.6 is 11.6 Å². The van der Waals surface area contributed by atoms with E-state index in [1.165, 1.54) is 7.11 Å². The molecule has 0 aromatic heterocycles. The maximum Gasteiger partial charge on any atom is 0.167 e. The second kappa shape index (κ2) is 3.37. The number of methoxy groups -OCH3 is 1. The largest absolute Gasteiger partial charge is 0.359 e. The lowest BCUT2D eigenvalue weighted by molar-refractivity contribution is -0.105. The van der Waals surface area contributed by atoms with E-state index in [4.69, 9.17) is 16.3 Å². The summed E-state index contributed by atoms with van der Waals surface area (Å²) in [6.07, 6.45) is 3.05. The Hall–Kier alpha value is -0.670. The molecule has 0 heterocycles. The predicted molar refractivity (Wildman–Crippen MR) is 43.5 cm³/mol. The number of aldehydes is 1. The molecule has 1 atom stereocenters. The third-order valence-electron chi connectivity index (χ3n) is 1.61. The molecular weight excluding hydrogens is 183 g/mol. The minimum atomic E-state index is -1.20. The summed E-state index contributed by atoms with van der Waals surface area (Å²) in [5.74, 6) is -0.541. The number of hydrogen-bond donors (Lipinski definition) is 0. The fourth-order valence-corrected chi connectivity index (χ4v) is 1.27. The van der Waals surface area contributed by atoms with Crippen molar-refractivity contribution in [3.63, 3.8) is 0 Å². The van der Waals surface area contributed by atoms with Crippen LogP contribution in [0.15, 0.2) is 23.6 Å². The van der Waals surface area contributed by atoms with Gasteiger partial charge in [-0.05, 0) is 17.7 Å². The van der Waals surface area contributed by atoms with Gasteiger partial charge < -0.3 is 4.74 Å². The quantitative estimate of drug-likeness (QED) is 0.492. The second-order valence-corrected chi connectivity index (χ2v) is 3.17. The summed E-state index contributed by atoms with van der Waals surface area (Å²) in [6.45, 7) is 0. The van der Waals surface area contributed by atoms with Crippen LogP contribution in [0.5, 0.6) is 0 Å². The van der Waals surface area contributed by atoms with Crippen molar-refractivity contribution in [1.29, 1.82) is 0 Å². The molecule has 1 unspecified atom stereocenters. The van der Waals surface area contributed by atoms with E-state index in [1.54, 1.807) is 0 Å². The Morgan fingerprint density at radius 1 is 1.83 bits per heavy atom. The first kappa shape index (κ1) is 9.42. The van der Waals surface area contributed by atoms with E-state index in [2.05, 4.69) is 0 Å². The molecule has 12 heavy (non-hydrogen) atoms. The van der Waals surface area contributed by atoms with Crippen molar-refractivity contribution in [2.75, 3.05) is 7.11 Å². The van der Waals surface area contributed by atoms with E-state index in [0.717, 1.165) is 12.2 Å². The van der Waals surface area contributed by atoms with Gasteiger partial charge in [0.25, 0.3) is 0 Å². The molecule has 0 bridgehead atoms. The first-order valence-corrected chi connectivity index (χ1v) is 3.75. The molecule has 66 valence electrons. The zero-order chi connectivity index (χ0) is 9.19. The molecule has 0 amide bonds. The molecule has 1 rings (SSSR count). The molecule has 0 N–H and O–H groups in total. The summed E-state index contributed by atoms with van der Waals surface area (Å²) in [7, 11) is 1.37. The number of hydrogen-bond acceptors (Lipinski definition) is 2. The van der Waals surface area contributed by atoms with E-state index < -0.39 is 10.9 Å². The average Bonchev–Trinajstić information content (AvgIpc) is 2.03. The maximum atomic E-state index is 12.8. The van der Waals surface area contributed by atoms with Crippen LogP contribution in [0.4, 0.5) is 4.39 Å². The molecule has 0 spiro atoms. The number of halogens is 2. The van der Waals surface area contributed by atoms with Crippen molar-refractivity contribution in [3.05, 3.63) is 23.6 Å². The topological polar surface area (TPSA) is 26.3 Å². The average molecular weight is 191 g/mol. The number of allylic oxidation sites excluding steroid dienone is 2. The first-order valence-electron chi connectivity index (χ1n) is 3.38. The molecule has 0 fully saturated rings. The summed E-state index contributed by atoms with van der Waals surface area (Å²) in [6, 6.07) is 0. The SMILES string of the molecule is COC1(Cl)C=C(F)C=C(C=O)C1. The number of rotatable bonds is 2. The summed E-state index contributed by atoms with van der Waals surface area (Å²) >= 11 is 5.79. The zero-order valence-corrected chi connectivity index (χ0v) is 7.27. The van der Waals surface area contributed by atoms with Gasteiger partial charge in [-0.15, -0.1) is 0 Å². The van der Waals surface area contributed by atoms with Gasteiger partial charge in [-0.2, -0.15) is 0 Å². The molecule has 1 aliphatic carbocycles. The van der Waals surface area contributed by atoms with Gasteiger partial charge in [-0.25, -0.2) is 4.39 Å². The Bertz CT molecular complexity index is 260. The first-order chi connectivity index (χ1) is 5.59. The van der Waals surface area contributed by atoms with Gasteiger partial charge in [-0.1, -0.05) is 11.6 Å². The van der Waals surface area contributed by atoms with E-state index in [0.29, 0.717) is 11.9 Å². The fraction of sp³-hybridized carbons (Fsp3) is 0.375. The minimum absolute atomic E-state index is 0.196. The highest BCUT2D eigenvalue weighted by Crippen LogP contribution is 2.32. The Labute approximate surface area is 74.7 Å². The number of carbonyl (C=O) groups is 1. The molecule has 0 aromatic carbocycles. The molecule has 4 heteroatoms. The third-order valence-corrected chi connectivity index (χ3v) is 2.01. The highest BCUT2D eigenvalue weighted by molar-refractivity contribution is 6.24. The van der Waals surface area contributed by atoms with Crippen LogP contribution < -0.4 is 0 Å². The minimum Gasteiger partial charge on any atom is -0.359 e. The molecule has 0 radical (unpaired) electrons. The summed E-state index contributed by atoms with van der Waals surface area (Å²) in [5.41, 5.74) is 0.298. The van der Waals surface area contributed by atoms with Crippen molar-refractivity contribution in [2.45, 2.75) is 11.5 Å². The monoisotopic (exact) mass is 190 g/mol. The number of carbonyl (C=O) groups excluding carboxylic acids is 1. The van der Waals surface area contributed by atoms with Crippen LogP contribution in [0, 0.1) is 0 Å². The summed E-state index contributed by atoms with van der Waals surface area (Å²) in [4.78, 5) is 10.3. The van der Waals surface area contributed by atoms with Gasteiger partial charge in [0, 0.05) is 13.5 Å². The molecular formula is C8H8ClFO2. The maximum absolute atomic E-state index is 12.8. The number of ether oxygens (including phenoxy) is 1. The van der Waals surface area contributed by atoms with Crippen LogP contribution in [0.25, 0.3) is 0 Å². The fourth-order valence-electron chi connectivity index (χ4n) is 1.01. The van der Waals surface area contributed by atoms with E-state index in [-0.39, 0.29) is 6.42 Å². The number of alkyl halides is 1. The van der Waals surface area contributed by atoms with Crippen LogP contribution in [0.3, 0.4) is 0 Å². The summed E-state index contributed by atoms with van der Waals surface area (Å²) in [5, 5.41) is -1.20. The summed E-state index contributed by atoms with van der Waals surface area (Å²) < 4.78 is 17.6. The van der Waals surface area contributed by atoms with Gasteiger partial charge in [0.1, 0.15) is 12.1 Å². The lowest BCUT2D eigenvalue weighted by Gasteiger charge is -2.24. The van der Waals surface area contributed by atoms with Crippen molar-refractivity contribution < 1.29 is 13.9 Å². The van der Waals surface area contributed by atoms with Crippen molar-refractivity contribution in [3.8, 4) is 0 Å². The van der Waals surface area contributed by atoms with E-state index in [1.807, 2.05) is 0 Å². The van der Waals surface area contributed by atoms with Crippen molar-refractivity contribution >= 4 is 17.9 Å². The van der Waals surface area contributed by atoms with Gasteiger partial charge in [0.2, 0.25) is 0 Å². The highest BCUT2D eigenvalue weighted by Gasteiger charge is 2.29. The molecule has 2 nitrogen and oxygen atoms in total. The van der Waals surface area contributed by atoms with Crippen molar-refractivity contribution in [2.24, 2.45) is 0 Å². The molecule has 0 saturated heterocycles. The Morgan fingerprint density at radius 2 is 2.50 bits per heavy atom. The second-order valence-electron chi connectivity index (χ2n) is 2.53.